The summed E-state index contributed by atoms with van der Waals surface area (Å²) in [5.74, 6) is 1.77. The van der Waals surface area contributed by atoms with Gasteiger partial charge in [0.2, 0.25) is 11.9 Å². The van der Waals surface area contributed by atoms with Gasteiger partial charge in [-0.3, -0.25) is 0 Å². The first-order valence-corrected chi connectivity index (χ1v) is 8.40. The number of hydrogen-bond acceptors (Lipinski definition) is 5. The Bertz CT molecular complexity index is 862. The number of benzene rings is 1. The molecule has 0 spiro atoms. The summed E-state index contributed by atoms with van der Waals surface area (Å²) >= 11 is 0. The van der Waals surface area contributed by atoms with E-state index in [4.69, 9.17) is 4.98 Å². The van der Waals surface area contributed by atoms with Gasteiger partial charge in [-0.1, -0.05) is 30.3 Å². The van der Waals surface area contributed by atoms with E-state index in [1.807, 2.05) is 37.2 Å². The van der Waals surface area contributed by atoms with E-state index < -0.39 is 0 Å². The third-order valence-electron chi connectivity index (χ3n) is 4.58. The minimum absolute atomic E-state index is 0.862. The summed E-state index contributed by atoms with van der Waals surface area (Å²) in [6, 6.07) is 10.3. The van der Waals surface area contributed by atoms with E-state index in [1.165, 1.54) is 12.8 Å². The van der Waals surface area contributed by atoms with Crippen LogP contribution in [0.4, 0.5) is 11.9 Å². The highest BCUT2D eigenvalue weighted by Crippen LogP contribution is 2.30. The molecule has 0 bridgehead atoms. The monoisotopic (exact) mass is 322 g/mol. The van der Waals surface area contributed by atoms with E-state index in [2.05, 4.69) is 38.6 Å². The van der Waals surface area contributed by atoms with Gasteiger partial charge in [0.25, 0.3) is 0 Å². The quantitative estimate of drug-likeness (QED) is 0.742. The van der Waals surface area contributed by atoms with Crippen LogP contribution in [0.5, 0.6) is 0 Å². The first kappa shape index (κ1) is 14.9. The highest BCUT2D eigenvalue weighted by molar-refractivity contribution is 5.73. The Morgan fingerprint density at radius 1 is 1.00 bits per heavy atom. The van der Waals surface area contributed by atoms with Crippen LogP contribution < -0.4 is 9.80 Å². The number of fused-ring (bicyclic) bond motifs is 1. The van der Waals surface area contributed by atoms with Crippen molar-refractivity contribution >= 4 is 17.5 Å². The van der Waals surface area contributed by atoms with Crippen LogP contribution in [0.15, 0.2) is 30.3 Å². The molecule has 0 N–H and O–H groups in total. The van der Waals surface area contributed by atoms with Crippen LogP contribution in [0.25, 0.3) is 16.9 Å². The van der Waals surface area contributed by atoms with Crippen molar-refractivity contribution in [3.05, 3.63) is 35.9 Å². The van der Waals surface area contributed by atoms with Crippen LogP contribution in [-0.2, 0) is 0 Å². The van der Waals surface area contributed by atoms with Crippen LogP contribution in [0.2, 0.25) is 0 Å². The molecule has 6 heteroatoms. The number of rotatable bonds is 3. The third kappa shape index (κ3) is 2.29. The average molecular weight is 322 g/mol. The largest absolute Gasteiger partial charge is 0.348 e. The second kappa shape index (κ2) is 5.78. The molecule has 0 amide bonds. The van der Waals surface area contributed by atoms with Gasteiger partial charge < -0.3 is 9.80 Å². The fourth-order valence-electron chi connectivity index (χ4n) is 3.34. The van der Waals surface area contributed by atoms with Crippen LogP contribution >= 0.6 is 0 Å². The van der Waals surface area contributed by atoms with E-state index in [1.54, 1.807) is 0 Å². The maximum Gasteiger partial charge on any atom is 0.234 e. The normalized spacial score (nSPS) is 14.5. The lowest BCUT2D eigenvalue weighted by Gasteiger charge is -2.21. The number of hydrogen-bond donors (Lipinski definition) is 0. The van der Waals surface area contributed by atoms with Gasteiger partial charge in [-0.05, 0) is 19.8 Å². The Balaban J connectivity index is 1.97. The Morgan fingerprint density at radius 2 is 1.71 bits per heavy atom. The lowest BCUT2D eigenvalue weighted by atomic mass is 10.1. The molecule has 1 aliphatic heterocycles. The molecule has 1 fully saturated rings. The summed E-state index contributed by atoms with van der Waals surface area (Å²) in [6.07, 6.45) is 2.42. The summed E-state index contributed by atoms with van der Waals surface area (Å²) in [5.41, 5.74) is 4.01. The smallest absolute Gasteiger partial charge is 0.234 e. The van der Waals surface area contributed by atoms with Crippen molar-refractivity contribution < 1.29 is 0 Å². The fraction of sp³-hybridized carbons (Fsp3) is 0.389. The number of aromatic nitrogens is 4. The predicted molar refractivity (Wildman–Crippen MR) is 96.7 cm³/mol. The summed E-state index contributed by atoms with van der Waals surface area (Å²) in [4.78, 5) is 9.29. The Hall–Kier alpha value is -2.63. The second-order valence-corrected chi connectivity index (χ2v) is 6.50. The van der Waals surface area contributed by atoms with Crippen molar-refractivity contribution in [1.29, 1.82) is 0 Å². The molecule has 0 unspecified atom stereocenters. The topological polar surface area (TPSA) is 49.6 Å². The minimum Gasteiger partial charge on any atom is -0.348 e. The Morgan fingerprint density at radius 3 is 2.38 bits per heavy atom. The van der Waals surface area contributed by atoms with Gasteiger partial charge in [0.1, 0.15) is 0 Å². The molecule has 24 heavy (non-hydrogen) atoms. The van der Waals surface area contributed by atoms with Crippen molar-refractivity contribution in [1.82, 2.24) is 19.6 Å². The van der Waals surface area contributed by atoms with E-state index >= 15 is 0 Å². The van der Waals surface area contributed by atoms with Gasteiger partial charge in [0, 0.05) is 38.3 Å². The van der Waals surface area contributed by atoms with Crippen LogP contribution in [0, 0.1) is 6.92 Å². The molecule has 0 atom stereocenters. The molecular weight excluding hydrogens is 300 g/mol. The average Bonchev–Trinajstić information content (AvgIpc) is 3.25. The van der Waals surface area contributed by atoms with Gasteiger partial charge >= 0.3 is 0 Å². The SMILES string of the molecule is Cc1c(-c2ccccc2)nc(N(C)C)n2c(N3CCCC3)nnc12. The molecule has 1 saturated heterocycles. The Labute approximate surface area is 141 Å². The van der Waals surface area contributed by atoms with E-state index in [0.717, 1.165) is 47.5 Å². The molecule has 0 saturated carbocycles. The summed E-state index contributed by atoms with van der Waals surface area (Å²) < 4.78 is 2.09. The molecule has 6 nitrogen and oxygen atoms in total. The zero-order chi connectivity index (χ0) is 16.7. The Kier molecular flexibility index (Phi) is 3.59. The number of nitrogens with zero attached hydrogens (tertiary/aromatic N) is 6. The van der Waals surface area contributed by atoms with Crippen molar-refractivity contribution in [2.75, 3.05) is 37.0 Å². The van der Waals surface area contributed by atoms with Crippen LogP contribution in [0.3, 0.4) is 0 Å². The lowest BCUT2D eigenvalue weighted by molar-refractivity contribution is 0.864. The zero-order valence-electron chi connectivity index (χ0n) is 14.4. The van der Waals surface area contributed by atoms with E-state index in [0.29, 0.717) is 0 Å². The van der Waals surface area contributed by atoms with Crippen molar-refractivity contribution in [2.24, 2.45) is 0 Å². The predicted octanol–water partition coefficient (Wildman–Crippen LogP) is 2.77. The molecule has 2 aromatic heterocycles. The zero-order valence-corrected chi connectivity index (χ0v) is 14.4. The third-order valence-corrected chi connectivity index (χ3v) is 4.58. The highest BCUT2D eigenvalue weighted by Gasteiger charge is 2.23. The standard InChI is InChI=1S/C18H22N6/c1-13-15(14-9-5-4-6-10-14)19-17(22(2)3)24-16(13)20-21-18(24)23-11-7-8-12-23/h4-6,9-10H,7-8,11-12H2,1-3H3. The van der Waals surface area contributed by atoms with Gasteiger partial charge in [-0.2, -0.15) is 0 Å². The number of aryl methyl sites for hydroxylation is 1. The van der Waals surface area contributed by atoms with Crippen LogP contribution in [-0.4, -0.2) is 46.8 Å². The maximum atomic E-state index is 4.96. The van der Waals surface area contributed by atoms with Crippen molar-refractivity contribution in [3.63, 3.8) is 0 Å². The van der Waals surface area contributed by atoms with Gasteiger partial charge in [-0.15, -0.1) is 10.2 Å². The molecule has 0 aliphatic carbocycles. The van der Waals surface area contributed by atoms with Gasteiger partial charge in [0.15, 0.2) is 5.65 Å². The van der Waals surface area contributed by atoms with E-state index in [9.17, 15) is 0 Å². The first-order chi connectivity index (χ1) is 11.7. The molecule has 0 radical (unpaired) electrons. The summed E-state index contributed by atoms with van der Waals surface area (Å²) in [5, 5.41) is 8.98. The highest BCUT2D eigenvalue weighted by atomic mass is 15.4. The number of anilines is 2. The molecular formula is C18H22N6. The molecule has 1 aromatic carbocycles. The minimum atomic E-state index is 0.862. The molecule has 3 heterocycles. The molecule has 3 aromatic rings. The maximum absolute atomic E-state index is 4.96. The fourth-order valence-corrected chi connectivity index (χ4v) is 3.34. The molecule has 124 valence electrons. The summed E-state index contributed by atoms with van der Waals surface area (Å²) in [7, 11) is 4.03. The summed E-state index contributed by atoms with van der Waals surface area (Å²) in [6.45, 7) is 4.15. The second-order valence-electron chi connectivity index (χ2n) is 6.50. The van der Waals surface area contributed by atoms with Crippen molar-refractivity contribution in [3.8, 4) is 11.3 Å². The first-order valence-electron chi connectivity index (χ1n) is 8.40. The van der Waals surface area contributed by atoms with Gasteiger partial charge in [0.05, 0.1) is 5.69 Å². The van der Waals surface area contributed by atoms with Gasteiger partial charge in [-0.25, -0.2) is 9.38 Å². The molecule has 1 aliphatic rings. The lowest BCUT2D eigenvalue weighted by Crippen LogP contribution is -2.23. The van der Waals surface area contributed by atoms with Crippen LogP contribution in [0.1, 0.15) is 18.4 Å². The molecule has 4 rings (SSSR count). The van der Waals surface area contributed by atoms with E-state index in [-0.39, 0.29) is 0 Å². The van der Waals surface area contributed by atoms with Crippen molar-refractivity contribution in [2.45, 2.75) is 19.8 Å².